The lowest BCUT2D eigenvalue weighted by Gasteiger charge is -2.34. The molecule has 2 atom stereocenters. The van der Waals surface area contributed by atoms with Crippen molar-refractivity contribution in [1.29, 1.82) is 0 Å². The predicted octanol–water partition coefficient (Wildman–Crippen LogP) is 5.93. The SMILES string of the molecule is O=C(OCc1ccccc1)N1C[C@@H](F)C[C@H](Nc2ncc3nc(-c4ccc(NS(=O)(=O)Cc5ccccc5)c(F)c4)ccc3n2)C1. The number of sulfonamides is 1. The van der Waals surface area contributed by atoms with E-state index in [9.17, 15) is 22.0 Å². The number of rotatable bonds is 9. The van der Waals surface area contributed by atoms with E-state index in [1.807, 2.05) is 30.3 Å². The molecular formula is C33H30F2N6O4S. The fourth-order valence-corrected chi connectivity index (χ4v) is 6.40. The van der Waals surface area contributed by atoms with Gasteiger partial charge in [0.2, 0.25) is 16.0 Å². The molecule has 1 amide bonds. The maximum absolute atomic E-state index is 15.0. The second kappa shape index (κ2) is 13.4. The average molecular weight is 645 g/mol. The zero-order chi connectivity index (χ0) is 32.1. The number of piperidine rings is 1. The van der Waals surface area contributed by atoms with Gasteiger partial charge in [-0.3, -0.25) is 4.72 Å². The average Bonchev–Trinajstić information content (AvgIpc) is 3.04. The number of pyridine rings is 1. The van der Waals surface area contributed by atoms with Crippen molar-refractivity contribution in [2.45, 2.75) is 31.0 Å². The molecule has 1 aliphatic heterocycles. The molecule has 1 aliphatic rings. The van der Waals surface area contributed by atoms with Crippen LogP contribution in [0.5, 0.6) is 0 Å². The van der Waals surface area contributed by atoms with E-state index in [0.717, 1.165) is 5.56 Å². The normalized spacial score (nSPS) is 16.6. The van der Waals surface area contributed by atoms with Gasteiger partial charge in [0.15, 0.2) is 0 Å². The molecule has 6 rings (SSSR count). The number of carbonyl (C=O) groups excluding carboxylic acids is 1. The van der Waals surface area contributed by atoms with Crippen molar-refractivity contribution in [2.75, 3.05) is 23.1 Å². The third kappa shape index (κ3) is 7.72. The zero-order valence-corrected chi connectivity index (χ0v) is 25.3. The van der Waals surface area contributed by atoms with E-state index in [4.69, 9.17) is 4.74 Å². The summed E-state index contributed by atoms with van der Waals surface area (Å²) >= 11 is 0. The van der Waals surface area contributed by atoms with Crippen LogP contribution in [0.3, 0.4) is 0 Å². The molecule has 0 saturated carbocycles. The summed E-state index contributed by atoms with van der Waals surface area (Å²) in [6.45, 7) is 0.257. The van der Waals surface area contributed by atoms with Crippen LogP contribution in [0, 0.1) is 5.82 Å². The topological polar surface area (TPSA) is 126 Å². The summed E-state index contributed by atoms with van der Waals surface area (Å²) in [6, 6.07) is 24.9. The highest BCUT2D eigenvalue weighted by atomic mass is 32.2. The number of benzene rings is 3. The van der Waals surface area contributed by atoms with Gasteiger partial charge < -0.3 is 15.0 Å². The Hall–Kier alpha value is -5.17. The third-order valence-electron chi connectivity index (χ3n) is 7.36. The molecule has 236 valence electrons. The summed E-state index contributed by atoms with van der Waals surface area (Å²) < 4.78 is 62.4. The Bertz CT molecular complexity index is 1950. The lowest BCUT2D eigenvalue weighted by molar-refractivity contribution is 0.0685. The van der Waals surface area contributed by atoms with Gasteiger partial charge in [-0.05, 0) is 35.4 Å². The quantitative estimate of drug-likeness (QED) is 0.202. The van der Waals surface area contributed by atoms with Gasteiger partial charge >= 0.3 is 6.09 Å². The molecule has 2 N–H and O–H groups in total. The van der Waals surface area contributed by atoms with Gasteiger partial charge in [-0.2, -0.15) is 0 Å². The molecule has 0 spiro atoms. The molecular weight excluding hydrogens is 614 g/mol. The lowest BCUT2D eigenvalue weighted by Crippen LogP contribution is -2.50. The minimum absolute atomic E-state index is 0.0573. The van der Waals surface area contributed by atoms with Gasteiger partial charge in [-0.15, -0.1) is 0 Å². The molecule has 0 aliphatic carbocycles. The van der Waals surface area contributed by atoms with Crippen molar-refractivity contribution in [2.24, 2.45) is 0 Å². The van der Waals surface area contributed by atoms with Crippen LogP contribution in [-0.2, 0) is 27.1 Å². The van der Waals surface area contributed by atoms with Crippen LogP contribution in [0.2, 0.25) is 0 Å². The van der Waals surface area contributed by atoms with Gasteiger partial charge in [0.05, 0.1) is 35.4 Å². The van der Waals surface area contributed by atoms with Gasteiger partial charge in [0.1, 0.15) is 24.1 Å². The highest BCUT2D eigenvalue weighted by Gasteiger charge is 2.31. The van der Waals surface area contributed by atoms with E-state index in [0.29, 0.717) is 27.9 Å². The van der Waals surface area contributed by atoms with Gasteiger partial charge in [0, 0.05) is 24.6 Å². The van der Waals surface area contributed by atoms with Gasteiger partial charge in [-0.1, -0.05) is 66.7 Å². The third-order valence-corrected chi connectivity index (χ3v) is 8.61. The van der Waals surface area contributed by atoms with E-state index < -0.39 is 34.1 Å². The number of hydrogen-bond donors (Lipinski definition) is 2. The fourth-order valence-electron chi connectivity index (χ4n) is 5.19. The molecule has 3 aromatic carbocycles. The molecule has 0 bridgehead atoms. The molecule has 10 nitrogen and oxygen atoms in total. The first-order chi connectivity index (χ1) is 22.2. The van der Waals surface area contributed by atoms with E-state index >= 15 is 0 Å². The van der Waals surface area contributed by atoms with Crippen LogP contribution < -0.4 is 10.0 Å². The first kappa shape index (κ1) is 30.8. The number of alkyl halides is 1. The zero-order valence-electron chi connectivity index (χ0n) is 24.5. The number of nitrogens with zero attached hydrogens (tertiary/aromatic N) is 4. The van der Waals surface area contributed by atoms with E-state index in [2.05, 4.69) is 25.0 Å². The molecule has 13 heteroatoms. The van der Waals surface area contributed by atoms with E-state index in [-0.39, 0.29) is 43.5 Å². The number of halogens is 2. The Morgan fingerprint density at radius 1 is 0.913 bits per heavy atom. The molecule has 5 aromatic rings. The molecule has 3 heterocycles. The summed E-state index contributed by atoms with van der Waals surface area (Å²) in [7, 11) is -3.83. The molecule has 1 fully saturated rings. The number of amides is 1. The predicted molar refractivity (Wildman–Crippen MR) is 171 cm³/mol. The van der Waals surface area contributed by atoms with Crippen LogP contribution in [-0.4, -0.2) is 59.7 Å². The first-order valence-corrected chi connectivity index (χ1v) is 16.2. The number of hydrogen-bond acceptors (Lipinski definition) is 8. The summed E-state index contributed by atoms with van der Waals surface area (Å²) in [6.07, 6.45) is -0.169. The standard InChI is InChI=1S/C33H30F2N6O4S/c34-25-16-26(19-41(18-25)33(42)45-20-22-7-3-1-4-8-22)37-32-36-17-31-30(39-32)14-13-28(38-31)24-11-12-29(27(35)15-24)40-46(43,44)21-23-9-5-2-6-10-23/h1-15,17,25-26,40H,16,18-21H2,(H,36,37,39)/t25-,26-/m0/s1. The number of likely N-dealkylation sites (tertiary alicyclic amines) is 1. The monoisotopic (exact) mass is 644 g/mol. The lowest BCUT2D eigenvalue weighted by atomic mass is 10.0. The van der Waals surface area contributed by atoms with Crippen LogP contribution >= 0.6 is 0 Å². The number of aromatic nitrogens is 3. The number of anilines is 2. The van der Waals surface area contributed by atoms with E-state index in [1.165, 1.54) is 23.2 Å². The summed E-state index contributed by atoms with van der Waals surface area (Å²) in [4.78, 5) is 27.3. The highest BCUT2D eigenvalue weighted by molar-refractivity contribution is 7.91. The van der Waals surface area contributed by atoms with Gasteiger partial charge in [0.25, 0.3) is 0 Å². The Balaban J connectivity index is 1.10. The summed E-state index contributed by atoms with van der Waals surface area (Å²) in [5, 5.41) is 3.11. The van der Waals surface area contributed by atoms with Crippen molar-refractivity contribution in [3.8, 4) is 11.3 Å². The van der Waals surface area contributed by atoms with Crippen molar-refractivity contribution in [3.05, 3.63) is 114 Å². The maximum atomic E-state index is 15.0. The minimum Gasteiger partial charge on any atom is -0.445 e. The second-order valence-corrected chi connectivity index (χ2v) is 12.7. The van der Waals surface area contributed by atoms with Crippen molar-refractivity contribution in [1.82, 2.24) is 19.9 Å². The Morgan fingerprint density at radius 2 is 1.65 bits per heavy atom. The van der Waals surface area contributed by atoms with Crippen molar-refractivity contribution in [3.63, 3.8) is 0 Å². The van der Waals surface area contributed by atoms with Crippen LogP contribution in [0.4, 0.5) is 25.2 Å². The number of nitrogens with one attached hydrogen (secondary N) is 2. The highest BCUT2D eigenvalue weighted by Crippen LogP contribution is 2.26. The van der Waals surface area contributed by atoms with Crippen molar-refractivity contribution < 1.29 is 26.7 Å². The van der Waals surface area contributed by atoms with Crippen LogP contribution in [0.15, 0.2) is 97.2 Å². The number of carbonyl (C=O) groups is 1. The fraction of sp³-hybridized carbons (Fsp3) is 0.212. The second-order valence-electron chi connectivity index (χ2n) is 11.0. The smallest absolute Gasteiger partial charge is 0.410 e. The largest absolute Gasteiger partial charge is 0.445 e. The summed E-state index contributed by atoms with van der Waals surface area (Å²) in [5.74, 6) is -0.785. The molecule has 0 unspecified atom stereocenters. The van der Waals surface area contributed by atoms with E-state index in [1.54, 1.807) is 48.5 Å². The number of fused-ring (bicyclic) bond motifs is 1. The molecule has 2 aromatic heterocycles. The molecule has 0 radical (unpaired) electrons. The van der Waals surface area contributed by atoms with Crippen LogP contribution in [0.25, 0.3) is 22.3 Å². The van der Waals surface area contributed by atoms with Crippen molar-refractivity contribution >= 4 is 38.8 Å². The summed E-state index contributed by atoms with van der Waals surface area (Å²) in [5.41, 5.74) is 3.06. The maximum Gasteiger partial charge on any atom is 0.410 e. The number of ether oxygens (including phenoxy) is 1. The first-order valence-electron chi connectivity index (χ1n) is 14.6. The molecule has 46 heavy (non-hydrogen) atoms. The van der Waals surface area contributed by atoms with Gasteiger partial charge in [-0.25, -0.2) is 36.9 Å². The molecule has 1 saturated heterocycles. The Kier molecular flexibility index (Phi) is 9.01. The Morgan fingerprint density at radius 3 is 2.39 bits per heavy atom. The minimum atomic E-state index is -3.83. The Labute approximate surface area is 264 Å². The van der Waals surface area contributed by atoms with Crippen LogP contribution in [0.1, 0.15) is 17.5 Å².